The molecule has 0 saturated heterocycles. The van der Waals surface area contributed by atoms with E-state index in [2.05, 4.69) is 31.5 Å². The van der Waals surface area contributed by atoms with Crippen molar-refractivity contribution < 1.29 is 4.74 Å². The van der Waals surface area contributed by atoms with Crippen molar-refractivity contribution in [3.8, 4) is 11.4 Å². The van der Waals surface area contributed by atoms with Crippen molar-refractivity contribution in [3.63, 3.8) is 0 Å². The Hall–Kier alpha value is -1.47. The van der Waals surface area contributed by atoms with Crippen LogP contribution >= 0.6 is 15.9 Å². The molecule has 0 spiro atoms. The zero-order valence-electron chi connectivity index (χ0n) is 10.2. The third kappa shape index (κ3) is 2.51. The molecule has 0 aliphatic heterocycles. The number of nitrogens with zero attached hydrogens (tertiary/aromatic N) is 4. The van der Waals surface area contributed by atoms with Gasteiger partial charge in [0.1, 0.15) is 0 Å². The number of aromatic nitrogens is 4. The molecule has 2 aromatic rings. The zero-order chi connectivity index (χ0) is 13.1. The molecule has 0 bridgehead atoms. The normalized spacial score (nSPS) is 12.6. The summed E-state index contributed by atoms with van der Waals surface area (Å²) < 4.78 is 7.70. The van der Waals surface area contributed by atoms with E-state index in [-0.39, 0.29) is 6.04 Å². The third-order valence-electron chi connectivity index (χ3n) is 2.57. The molecule has 0 saturated carbocycles. The van der Waals surface area contributed by atoms with Crippen LogP contribution in [0.15, 0.2) is 22.7 Å². The maximum absolute atomic E-state index is 5.86. The highest BCUT2D eigenvalue weighted by molar-refractivity contribution is 9.10. The fraction of sp³-hybridized carbons (Fsp3) is 0.364. The van der Waals surface area contributed by atoms with Crippen molar-refractivity contribution in [1.82, 2.24) is 20.2 Å². The molecule has 0 amide bonds. The number of methoxy groups -OCH3 is 1. The minimum atomic E-state index is 0.0601. The van der Waals surface area contributed by atoms with E-state index in [0.717, 1.165) is 10.0 Å². The van der Waals surface area contributed by atoms with E-state index in [9.17, 15) is 0 Å². The highest BCUT2D eigenvalue weighted by Gasteiger charge is 2.15. The van der Waals surface area contributed by atoms with Gasteiger partial charge < -0.3 is 10.5 Å². The Morgan fingerprint density at radius 1 is 1.50 bits per heavy atom. The van der Waals surface area contributed by atoms with Crippen molar-refractivity contribution in [3.05, 3.63) is 22.7 Å². The number of halogens is 1. The molecule has 7 heteroatoms. The number of ether oxygens (including phenoxy) is 1. The first-order valence-corrected chi connectivity index (χ1v) is 6.25. The van der Waals surface area contributed by atoms with Crippen LogP contribution in [0.1, 0.15) is 13.0 Å². The molecule has 0 aliphatic rings. The molecule has 0 fully saturated rings. The second-order valence-corrected chi connectivity index (χ2v) is 4.84. The van der Waals surface area contributed by atoms with Gasteiger partial charge in [-0.1, -0.05) is 0 Å². The van der Waals surface area contributed by atoms with Crippen molar-refractivity contribution in [2.75, 3.05) is 19.5 Å². The fourth-order valence-electron chi connectivity index (χ4n) is 1.68. The smallest absolute Gasteiger partial charge is 0.182 e. The van der Waals surface area contributed by atoms with Gasteiger partial charge in [-0.15, -0.1) is 5.10 Å². The standard InChI is InChI=1S/C11H14BrN5O/c1-7(6-18-2)17-11(14-15-16-17)8-3-4-9(12)10(13)5-8/h3-5,7H,6,13H2,1-2H3. The molecule has 1 unspecified atom stereocenters. The second-order valence-electron chi connectivity index (χ2n) is 3.99. The Labute approximate surface area is 113 Å². The summed E-state index contributed by atoms with van der Waals surface area (Å²) in [6.07, 6.45) is 0. The summed E-state index contributed by atoms with van der Waals surface area (Å²) in [5, 5.41) is 11.7. The van der Waals surface area contributed by atoms with Crippen LogP contribution < -0.4 is 5.73 Å². The molecule has 96 valence electrons. The lowest BCUT2D eigenvalue weighted by Crippen LogP contribution is -2.14. The van der Waals surface area contributed by atoms with Gasteiger partial charge in [0.25, 0.3) is 0 Å². The first-order chi connectivity index (χ1) is 8.63. The summed E-state index contributed by atoms with van der Waals surface area (Å²) >= 11 is 3.36. The predicted molar refractivity (Wildman–Crippen MR) is 72.0 cm³/mol. The quantitative estimate of drug-likeness (QED) is 0.872. The molecular weight excluding hydrogens is 298 g/mol. The van der Waals surface area contributed by atoms with Gasteiger partial charge in [0.2, 0.25) is 0 Å². The Morgan fingerprint density at radius 3 is 2.94 bits per heavy atom. The molecular formula is C11H14BrN5O. The van der Waals surface area contributed by atoms with Gasteiger partial charge in [0, 0.05) is 22.8 Å². The van der Waals surface area contributed by atoms with Gasteiger partial charge in [0.15, 0.2) is 5.82 Å². The van der Waals surface area contributed by atoms with Crippen LogP contribution in [0.5, 0.6) is 0 Å². The van der Waals surface area contributed by atoms with Crippen LogP contribution in [0.2, 0.25) is 0 Å². The Bertz CT molecular complexity index is 542. The van der Waals surface area contributed by atoms with Gasteiger partial charge in [-0.25, -0.2) is 4.68 Å². The maximum atomic E-state index is 5.86. The van der Waals surface area contributed by atoms with Crippen molar-refractivity contribution >= 4 is 21.6 Å². The van der Waals surface area contributed by atoms with Crippen LogP contribution in [0, 0.1) is 0 Å². The first-order valence-electron chi connectivity index (χ1n) is 5.45. The highest BCUT2D eigenvalue weighted by atomic mass is 79.9. The number of tetrazole rings is 1. The van der Waals surface area contributed by atoms with E-state index in [1.165, 1.54) is 0 Å². The summed E-state index contributed by atoms with van der Waals surface area (Å²) in [5.41, 5.74) is 7.39. The van der Waals surface area contributed by atoms with Gasteiger partial charge in [-0.3, -0.25) is 0 Å². The number of anilines is 1. The third-order valence-corrected chi connectivity index (χ3v) is 3.29. The summed E-state index contributed by atoms with van der Waals surface area (Å²) in [4.78, 5) is 0. The number of hydrogen-bond acceptors (Lipinski definition) is 5. The Balaban J connectivity index is 2.39. The summed E-state index contributed by atoms with van der Waals surface area (Å²) in [7, 11) is 1.65. The van der Waals surface area contributed by atoms with Crippen LogP contribution in [0.4, 0.5) is 5.69 Å². The zero-order valence-corrected chi connectivity index (χ0v) is 11.8. The molecule has 0 radical (unpaired) electrons. The second kappa shape index (κ2) is 5.45. The van der Waals surface area contributed by atoms with Gasteiger partial charge >= 0.3 is 0 Å². The largest absolute Gasteiger partial charge is 0.398 e. The number of hydrogen-bond donors (Lipinski definition) is 1. The average molecular weight is 312 g/mol. The van der Waals surface area contributed by atoms with E-state index in [1.54, 1.807) is 11.8 Å². The summed E-state index contributed by atoms with van der Waals surface area (Å²) in [6.45, 7) is 2.54. The van der Waals surface area contributed by atoms with Crippen molar-refractivity contribution in [1.29, 1.82) is 0 Å². The Morgan fingerprint density at radius 2 is 2.28 bits per heavy atom. The fourth-order valence-corrected chi connectivity index (χ4v) is 1.92. The molecule has 2 N–H and O–H groups in total. The average Bonchev–Trinajstić information content (AvgIpc) is 2.82. The van der Waals surface area contributed by atoms with Crippen LogP contribution in [-0.4, -0.2) is 33.9 Å². The van der Waals surface area contributed by atoms with E-state index in [1.807, 2.05) is 25.1 Å². The molecule has 1 aromatic heterocycles. The van der Waals surface area contributed by atoms with Crippen molar-refractivity contribution in [2.45, 2.75) is 13.0 Å². The molecule has 6 nitrogen and oxygen atoms in total. The highest BCUT2D eigenvalue weighted by Crippen LogP contribution is 2.26. The SMILES string of the molecule is COCC(C)n1nnnc1-c1ccc(Br)c(N)c1. The van der Waals surface area contributed by atoms with Gasteiger partial charge in [-0.05, 0) is 51.5 Å². The lowest BCUT2D eigenvalue weighted by molar-refractivity contribution is 0.156. The summed E-state index contributed by atoms with van der Waals surface area (Å²) in [6, 6.07) is 5.70. The topological polar surface area (TPSA) is 78.8 Å². The number of nitrogens with two attached hydrogens (primary N) is 1. The predicted octanol–water partition coefficient (Wildman–Crippen LogP) is 1.89. The molecule has 2 rings (SSSR count). The molecule has 1 heterocycles. The van der Waals surface area contributed by atoms with E-state index < -0.39 is 0 Å². The van der Waals surface area contributed by atoms with E-state index in [0.29, 0.717) is 18.1 Å². The minimum Gasteiger partial charge on any atom is -0.398 e. The molecule has 1 atom stereocenters. The molecule has 0 aliphatic carbocycles. The first kappa shape index (κ1) is 13.0. The van der Waals surface area contributed by atoms with Gasteiger partial charge in [-0.2, -0.15) is 0 Å². The number of benzene rings is 1. The molecule has 1 aromatic carbocycles. The minimum absolute atomic E-state index is 0.0601. The lowest BCUT2D eigenvalue weighted by atomic mass is 10.2. The monoisotopic (exact) mass is 311 g/mol. The number of rotatable bonds is 4. The van der Waals surface area contributed by atoms with Crippen LogP contribution in [-0.2, 0) is 4.74 Å². The lowest BCUT2D eigenvalue weighted by Gasteiger charge is -2.12. The summed E-state index contributed by atoms with van der Waals surface area (Å²) in [5.74, 6) is 0.679. The molecule has 18 heavy (non-hydrogen) atoms. The number of nitrogen functional groups attached to an aromatic ring is 1. The van der Waals surface area contributed by atoms with E-state index in [4.69, 9.17) is 10.5 Å². The van der Waals surface area contributed by atoms with Gasteiger partial charge in [0.05, 0.1) is 12.6 Å². The Kier molecular flexibility index (Phi) is 3.93. The van der Waals surface area contributed by atoms with Crippen molar-refractivity contribution in [2.24, 2.45) is 0 Å². The maximum Gasteiger partial charge on any atom is 0.182 e. The van der Waals surface area contributed by atoms with Crippen LogP contribution in [0.3, 0.4) is 0 Å². The van der Waals surface area contributed by atoms with E-state index >= 15 is 0 Å². The van der Waals surface area contributed by atoms with Crippen LogP contribution in [0.25, 0.3) is 11.4 Å².